The van der Waals surface area contributed by atoms with Crippen LogP contribution in [0.1, 0.15) is 18.4 Å². The average molecular weight is 325 g/mol. The molecule has 0 aromatic heterocycles. The largest absolute Gasteiger partial charge is 0.377 e. The second kappa shape index (κ2) is 7.93. The number of piperidine rings is 1. The molecule has 2 aromatic rings. The van der Waals surface area contributed by atoms with Crippen LogP contribution in [0.5, 0.6) is 0 Å². The van der Waals surface area contributed by atoms with Gasteiger partial charge in [-0.25, -0.2) is 0 Å². The van der Waals surface area contributed by atoms with Crippen LogP contribution in [-0.4, -0.2) is 35.5 Å². The summed E-state index contributed by atoms with van der Waals surface area (Å²) in [5, 5.41) is 14.4. The molecule has 0 atom stereocenters. The van der Waals surface area contributed by atoms with Gasteiger partial charge in [0.05, 0.1) is 4.92 Å². The Morgan fingerprint density at radius 1 is 1.04 bits per heavy atom. The number of nitro groups is 1. The lowest BCUT2D eigenvalue weighted by atomic mass is 10.0. The van der Waals surface area contributed by atoms with E-state index in [1.807, 2.05) is 12.1 Å². The van der Waals surface area contributed by atoms with Crippen molar-refractivity contribution in [2.45, 2.75) is 25.3 Å². The third kappa shape index (κ3) is 4.32. The summed E-state index contributed by atoms with van der Waals surface area (Å²) in [6.07, 6.45) is 3.10. The van der Waals surface area contributed by atoms with Gasteiger partial charge in [-0.15, -0.1) is 0 Å². The molecular weight excluding hydrogens is 302 g/mol. The molecule has 1 N–H and O–H groups in total. The molecule has 0 saturated carbocycles. The second-order valence-electron chi connectivity index (χ2n) is 6.27. The Morgan fingerprint density at radius 2 is 1.71 bits per heavy atom. The van der Waals surface area contributed by atoms with Gasteiger partial charge in [0.2, 0.25) is 0 Å². The van der Waals surface area contributed by atoms with Gasteiger partial charge in [-0.3, -0.25) is 10.1 Å². The molecule has 3 rings (SSSR count). The third-order valence-electron chi connectivity index (χ3n) is 4.61. The first kappa shape index (κ1) is 16.5. The molecule has 1 aliphatic rings. The van der Waals surface area contributed by atoms with E-state index in [0.29, 0.717) is 11.7 Å². The Hall–Kier alpha value is -2.40. The molecule has 1 aliphatic heterocycles. The molecule has 1 saturated heterocycles. The smallest absolute Gasteiger partial charge is 0.292 e. The van der Waals surface area contributed by atoms with Crippen LogP contribution in [0, 0.1) is 10.1 Å². The van der Waals surface area contributed by atoms with E-state index in [1.165, 1.54) is 5.56 Å². The maximum Gasteiger partial charge on any atom is 0.292 e. The van der Waals surface area contributed by atoms with Crippen LogP contribution in [0.2, 0.25) is 0 Å². The maximum absolute atomic E-state index is 11.1. The minimum Gasteiger partial charge on any atom is -0.377 e. The van der Waals surface area contributed by atoms with Gasteiger partial charge < -0.3 is 10.2 Å². The maximum atomic E-state index is 11.1. The van der Waals surface area contributed by atoms with Crippen molar-refractivity contribution in [3.05, 3.63) is 70.3 Å². The number of nitrogens with zero attached hydrogens (tertiary/aromatic N) is 2. The monoisotopic (exact) mass is 325 g/mol. The first-order valence-electron chi connectivity index (χ1n) is 8.48. The highest BCUT2D eigenvalue weighted by molar-refractivity contribution is 5.61. The summed E-state index contributed by atoms with van der Waals surface area (Å²) in [6.45, 7) is 3.14. The van der Waals surface area contributed by atoms with E-state index >= 15 is 0 Å². The first-order chi connectivity index (χ1) is 11.7. The number of hydrogen-bond donors (Lipinski definition) is 1. The van der Waals surface area contributed by atoms with E-state index in [4.69, 9.17) is 0 Å². The van der Waals surface area contributed by atoms with Crippen LogP contribution in [0.25, 0.3) is 0 Å². The Labute approximate surface area is 142 Å². The molecule has 0 amide bonds. The van der Waals surface area contributed by atoms with Crippen molar-refractivity contribution in [2.24, 2.45) is 0 Å². The van der Waals surface area contributed by atoms with E-state index in [-0.39, 0.29) is 10.6 Å². The Kier molecular flexibility index (Phi) is 5.43. The number of likely N-dealkylation sites (tertiary alicyclic amines) is 1. The summed E-state index contributed by atoms with van der Waals surface area (Å²) in [5.41, 5.74) is 2.16. The average Bonchev–Trinajstić information content (AvgIpc) is 2.62. The fourth-order valence-corrected chi connectivity index (χ4v) is 3.21. The Balaban J connectivity index is 1.48. The summed E-state index contributed by atoms with van der Waals surface area (Å²) in [4.78, 5) is 13.2. The van der Waals surface area contributed by atoms with E-state index in [2.05, 4.69) is 34.5 Å². The normalized spacial score (nSPS) is 16.0. The fourth-order valence-electron chi connectivity index (χ4n) is 3.21. The van der Waals surface area contributed by atoms with E-state index in [1.54, 1.807) is 18.2 Å². The molecule has 5 heteroatoms. The summed E-state index contributed by atoms with van der Waals surface area (Å²) in [5.74, 6) is 0. The highest BCUT2D eigenvalue weighted by Crippen LogP contribution is 2.26. The van der Waals surface area contributed by atoms with Crippen LogP contribution in [0.15, 0.2) is 54.6 Å². The predicted molar refractivity (Wildman–Crippen MR) is 96.3 cm³/mol. The van der Waals surface area contributed by atoms with Crippen molar-refractivity contribution in [1.82, 2.24) is 4.90 Å². The topological polar surface area (TPSA) is 58.4 Å². The molecule has 0 radical (unpaired) electrons. The van der Waals surface area contributed by atoms with Gasteiger partial charge in [0.1, 0.15) is 5.69 Å². The highest BCUT2D eigenvalue weighted by atomic mass is 16.6. The standard InChI is InChI=1S/C19H23N3O2/c23-22(24)19-9-5-4-8-18(19)20-17-11-14-21(15-12-17)13-10-16-6-2-1-3-7-16/h1-9,17,20H,10-15H2. The molecule has 1 heterocycles. The van der Waals surface area contributed by atoms with Crippen LogP contribution >= 0.6 is 0 Å². The zero-order valence-electron chi connectivity index (χ0n) is 13.7. The van der Waals surface area contributed by atoms with Crippen LogP contribution in [-0.2, 0) is 6.42 Å². The molecule has 24 heavy (non-hydrogen) atoms. The number of nitrogens with one attached hydrogen (secondary N) is 1. The van der Waals surface area contributed by atoms with Gasteiger partial charge in [0.25, 0.3) is 5.69 Å². The van der Waals surface area contributed by atoms with Gasteiger partial charge >= 0.3 is 0 Å². The number of nitro benzene ring substituents is 1. The number of hydrogen-bond acceptors (Lipinski definition) is 4. The van der Waals surface area contributed by atoms with Crippen LogP contribution in [0.4, 0.5) is 11.4 Å². The van der Waals surface area contributed by atoms with Crippen molar-refractivity contribution in [3.8, 4) is 0 Å². The van der Waals surface area contributed by atoms with Gasteiger partial charge in [-0.05, 0) is 30.9 Å². The molecule has 2 aromatic carbocycles. The Morgan fingerprint density at radius 3 is 2.42 bits per heavy atom. The molecule has 0 spiro atoms. The summed E-state index contributed by atoms with van der Waals surface area (Å²) >= 11 is 0. The van der Waals surface area contributed by atoms with Gasteiger partial charge in [0.15, 0.2) is 0 Å². The minimum absolute atomic E-state index is 0.156. The van der Waals surface area contributed by atoms with Gasteiger partial charge in [-0.1, -0.05) is 42.5 Å². The van der Waals surface area contributed by atoms with Crippen molar-refractivity contribution in [3.63, 3.8) is 0 Å². The lowest BCUT2D eigenvalue weighted by molar-refractivity contribution is -0.384. The first-order valence-corrected chi connectivity index (χ1v) is 8.48. The van der Waals surface area contributed by atoms with Crippen molar-refractivity contribution in [1.29, 1.82) is 0 Å². The molecule has 0 unspecified atom stereocenters. The highest BCUT2D eigenvalue weighted by Gasteiger charge is 2.21. The fraction of sp³-hybridized carbons (Fsp3) is 0.368. The third-order valence-corrected chi connectivity index (χ3v) is 4.61. The number of rotatable bonds is 6. The van der Waals surface area contributed by atoms with Gasteiger partial charge in [-0.2, -0.15) is 0 Å². The van der Waals surface area contributed by atoms with Crippen LogP contribution in [0.3, 0.4) is 0 Å². The van der Waals surface area contributed by atoms with Crippen molar-refractivity contribution < 1.29 is 4.92 Å². The molecular formula is C19H23N3O2. The zero-order valence-corrected chi connectivity index (χ0v) is 13.7. The summed E-state index contributed by atoms with van der Waals surface area (Å²) < 4.78 is 0. The number of benzene rings is 2. The summed E-state index contributed by atoms with van der Waals surface area (Å²) in [7, 11) is 0. The second-order valence-corrected chi connectivity index (χ2v) is 6.27. The van der Waals surface area contributed by atoms with Crippen molar-refractivity contribution >= 4 is 11.4 Å². The summed E-state index contributed by atoms with van der Waals surface area (Å²) in [6, 6.07) is 17.7. The molecule has 0 bridgehead atoms. The molecule has 126 valence electrons. The van der Waals surface area contributed by atoms with E-state index in [0.717, 1.165) is 38.9 Å². The quantitative estimate of drug-likeness (QED) is 0.650. The number of anilines is 1. The lowest BCUT2D eigenvalue weighted by Gasteiger charge is -2.32. The van der Waals surface area contributed by atoms with Gasteiger partial charge in [0, 0.05) is 31.7 Å². The van der Waals surface area contributed by atoms with Crippen LogP contribution < -0.4 is 5.32 Å². The molecule has 0 aliphatic carbocycles. The Bertz CT molecular complexity index is 667. The van der Waals surface area contributed by atoms with E-state index in [9.17, 15) is 10.1 Å². The van der Waals surface area contributed by atoms with E-state index < -0.39 is 0 Å². The number of para-hydroxylation sites is 2. The minimum atomic E-state index is -0.322. The lowest BCUT2D eigenvalue weighted by Crippen LogP contribution is -2.40. The predicted octanol–water partition coefficient (Wildman–Crippen LogP) is 3.71. The molecule has 1 fully saturated rings. The zero-order chi connectivity index (χ0) is 16.8. The SMILES string of the molecule is O=[N+]([O-])c1ccccc1NC1CCN(CCc2ccccc2)CC1. The molecule has 5 nitrogen and oxygen atoms in total. The van der Waals surface area contributed by atoms with Crippen molar-refractivity contribution in [2.75, 3.05) is 25.0 Å².